The Bertz CT molecular complexity index is 1030. The first-order valence-electron chi connectivity index (χ1n) is 10.5. The third-order valence-electron chi connectivity index (χ3n) is 6.12. The number of likely N-dealkylation sites (tertiary alicyclic amines) is 1. The van der Waals surface area contributed by atoms with E-state index in [0.717, 1.165) is 32.2 Å². The van der Waals surface area contributed by atoms with Crippen molar-refractivity contribution in [1.82, 2.24) is 34.7 Å². The number of nitrogens with zero attached hydrogens (tertiary/aromatic N) is 6. The van der Waals surface area contributed by atoms with E-state index in [9.17, 15) is 9.18 Å². The highest BCUT2D eigenvalue weighted by molar-refractivity contribution is 6.03. The molecule has 30 heavy (non-hydrogen) atoms. The lowest BCUT2D eigenvalue weighted by Crippen LogP contribution is -2.43. The number of pyridine rings is 1. The van der Waals surface area contributed by atoms with Gasteiger partial charge in [0.1, 0.15) is 18.2 Å². The predicted molar refractivity (Wildman–Crippen MR) is 109 cm³/mol. The number of carbonyl (C=O) groups is 1. The van der Waals surface area contributed by atoms with Gasteiger partial charge in [-0.25, -0.2) is 19.3 Å². The van der Waals surface area contributed by atoms with Crippen molar-refractivity contribution in [3.05, 3.63) is 42.7 Å². The van der Waals surface area contributed by atoms with Crippen LogP contribution in [0.15, 0.2) is 37.1 Å². The normalized spacial score (nSPS) is 24.9. The fourth-order valence-electron chi connectivity index (χ4n) is 4.53. The van der Waals surface area contributed by atoms with Crippen LogP contribution in [0.25, 0.3) is 17.0 Å². The summed E-state index contributed by atoms with van der Waals surface area (Å²) in [5.74, 6) is 0.146. The van der Waals surface area contributed by atoms with Gasteiger partial charge < -0.3 is 5.32 Å². The lowest BCUT2D eigenvalue weighted by molar-refractivity contribution is 0.0906. The molecule has 5 rings (SSSR count). The van der Waals surface area contributed by atoms with Gasteiger partial charge in [0.15, 0.2) is 5.65 Å². The SMILES string of the molecule is O=C(NC1CCC(N2CC[C@@H](F)C2)CC1)c1nc(-n2ccnc2)nc2ncccc12. The molecule has 0 radical (unpaired) electrons. The van der Waals surface area contributed by atoms with Crippen molar-refractivity contribution in [3.63, 3.8) is 0 Å². The summed E-state index contributed by atoms with van der Waals surface area (Å²) in [6, 6.07) is 4.11. The lowest BCUT2D eigenvalue weighted by Gasteiger charge is -2.34. The highest BCUT2D eigenvalue weighted by Crippen LogP contribution is 2.27. The number of amides is 1. The Labute approximate surface area is 173 Å². The van der Waals surface area contributed by atoms with Gasteiger partial charge in [0.25, 0.3) is 5.91 Å². The first kappa shape index (κ1) is 19.0. The van der Waals surface area contributed by atoms with Crippen LogP contribution in [0.4, 0.5) is 4.39 Å². The molecule has 156 valence electrons. The predicted octanol–water partition coefficient (Wildman–Crippen LogP) is 2.30. The van der Waals surface area contributed by atoms with Crippen molar-refractivity contribution >= 4 is 16.9 Å². The van der Waals surface area contributed by atoms with Crippen molar-refractivity contribution in [2.45, 2.75) is 50.4 Å². The first-order valence-corrected chi connectivity index (χ1v) is 10.5. The summed E-state index contributed by atoms with van der Waals surface area (Å²) in [5, 5.41) is 3.77. The van der Waals surface area contributed by atoms with Gasteiger partial charge in [-0.2, -0.15) is 4.98 Å². The van der Waals surface area contributed by atoms with E-state index < -0.39 is 6.17 Å². The summed E-state index contributed by atoms with van der Waals surface area (Å²) < 4.78 is 15.2. The topological polar surface area (TPSA) is 88.8 Å². The highest BCUT2D eigenvalue weighted by Gasteiger charge is 2.32. The van der Waals surface area contributed by atoms with E-state index in [1.54, 1.807) is 35.6 Å². The first-order chi connectivity index (χ1) is 14.7. The molecule has 0 spiro atoms. The lowest BCUT2D eigenvalue weighted by atomic mass is 9.90. The molecule has 1 amide bonds. The van der Waals surface area contributed by atoms with Gasteiger partial charge in [0.2, 0.25) is 5.95 Å². The van der Waals surface area contributed by atoms with Crippen molar-refractivity contribution in [2.24, 2.45) is 0 Å². The molecule has 1 N–H and O–H groups in total. The largest absolute Gasteiger partial charge is 0.348 e. The minimum Gasteiger partial charge on any atom is -0.348 e. The summed E-state index contributed by atoms with van der Waals surface area (Å²) in [6.07, 6.45) is 10.3. The van der Waals surface area contributed by atoms with Crippen LogP contribution in [0, 0.1) is 0 Å². The van der Waals surface area contributed by atoms with E-state index in [-0.39, 0.29) is 11.9 Å². The monoisotopic (exact) mass is 409 g/mol. The number of alkyl halides is 1. The van der Waals surface area contributed by atoms with Crippen molar-refractivity contribution in [2.75, 3.05) is 13.1 Å². The average molecular weight is 409 g/mol. The zero-order valence-corrected chi connectivity index (χ0v) is 16.6. The Morgan fingerprint density at radius 2 is 2.00 bits per heavy atom. The van der Waals surface area contributed by atoms with E-state index in [1.165, 1.54) is 0 Å². The Kier molecular flexibility index (Phi) is 5.12. The Morgan fingerprint density at radius 3 is 2.73 bits per heavy atom. The van der Waals surface area contributed by atoms with Crippen molar-refractivity contribution < 1.29 is 9.18 Å². The van der Waals surface area contributed by atoms with Gasteiger partial charge in [-0.3, -0.25) is 14.3 Å². The Hall–Kier alpha value is -2.94. The number of nitrogens with one attached hydrogen (secondary N) is 1. The molecular weight excluding hydrogens is 385 g/mol. The molecule has 9 heteroatoms. The molecular formula is C21H24FN7O. The number of fused-ring (bicyclic) bond motifs is 1. The minimum atomic E-state index is -0.688. The molecule has 3 aromatic heterocycles. The van der Waals surface area contributed by atoms with Crippen LogP contribution in [-0.4, -0.2) is 66.7 Å². The molecule has 1 saturated carbocycles. The van der Waals surface area contributed by atoms with E-state index in [1.807, 2.05) is 6.07 Å². The molecule has 0 unspecified atom stereocenters. The summed E-state index contributed by atoms with van der Waals surface area (Å²) in [6.45, 7) is 1.40. The molecule has 4 heterocycles. The van der Waals surface area contributed by atoms with Gasteiger partial charge in [-0.05, 0) is 44.2 Å². The zero-order chi connectivity index (χ0) is 20.5. The van der Waals surface area contributed by atoms with Gasteiger partial charge in [-0.15, -0.1) is 0 Å². The number of hydrogen-bond donors (Lipinski definition) is 1. The van der Waals surface area contributed by atoms with Crippen LogP contribution in [0.3, 0.4) is 0 Å². The van der Waals surface area contributed by atoms with Crippen LogP contribution >= 0.6 is 0 Å². The van der Waals surface area contributed by atoms with Gasteiger partial charge in [-0.1, -0.05) is 0 Å². The molecule has 1 aliphatic carbocycles. The quantitative estimate of drug-likeness (QED) is 0.711. The number of halogens is 1. The third-order valence-corrected chi connectivity index (χ3v) is 6.12. The highest BCUT2D eigenvalue weighted by atomic mass is 19.1. The second kappa shape index (κ2) is 8.06. The second-order valence-electron chi connectivity index (χ2n) is 8.08. The van der Waals surface area contributed by atoms with Crippen LogP contribution in [0.5, 0.6) is 0 Å². The third kappa shape index (κ3) is 3.77. The molecule has 8 nitrogen and oxygen atoms in total. The number of carbonyl (C=O) groups excluding carboxylic acids is 1. The molecule has 0 bridgehead atoms. The number of rotatable bonds is 4. The van der Waals surface area contributed by atoms with Crippen molar-refractivity contribution in [3.8, 4) is 5.95 Å². The fraction of sp³-hybridized carbons (Fsp3) is 0.476. The van der Waals surface area contributed by atoms with Gasteiger partial charge in [0, 0.05) is 43.8 Å². The summed E-state index contributed by atoms with van der Waals surface area (Å²) >= 11 is 0. The average Bonchev–Trinajstić information content (AvgIpc) is 3.45. The molecule has 1 aliphatic heterocycles. The summed E-state index contributed by atoms with van der Waals surface area (Å²) in [4.78, 5) is 32.7. The minimum absolute atomic E-state index is 0.0934. The maximum atomic E-state index is 13.5. The fourth-order valence-corrected chi connectivity index (χ4v) is 4.53. The number of hydrogen-bond acceptors (Lipinski definition) is 6. The molecule has 1 atom stereocenters. The van der Waals surface area contributed by atoms with E-state index >= 15 is 0 Å². The second-order valence-corrected chi connectivity index (χ2v) is 8.08. The van der Waals surface area contributed by atoms with E-state index in [0.29, 0.717) is 41.7 Å². The smallest absolute Gasteiger partial charge is 0.271 e. The Balaban J connectivity index is 1.32. The maximum Gasteiger partial charge on any atom is 0.271 e. The zero-order valence-electron chi connectivity index (χ0n) is 16.6. The molecule has 1 saturated heterocycles. The van der Waals surface area contributed by atoms with Crippen molar-refractivity contribution in [1.29, 1.82) is 0 Å². The molecule has 3 aromatic rings. The maximum absolute atomic E-state index is 13.5. The van der Waals surface area contributed by atoms with E-state index in [2.05, 4.69) is 30.2 Å². The summed E-state index contributed by atoms with van der Waals surface area (Å²) in [7, 11) is 0. The molecule has 2 fully saturated rings. The van der Waals surface area contributed by atoms with Crippen LogP contribution < -0.4 is 5.32 Å². The van der Waals surface area contributed by atoms with Crippen LogP contribution in [0.2, 0.25) is 0 Å². The number of imidazole rings is 1. The summed E-state index contributed by atoms with van der Waals surface area (Å²) in [5.41, 5.74) is 0.790. The molecule has 2 aliphatic rings. The van der Waals surface area contributed by atoms with Crippen LogP contribution in [-0.2, 0) is 0 Å². The standard InChI is InChI=1S/C21H24FN7O/c22-14-7-10-28(12-14)16-5-3-15(4-6-16)25-20(30)18-17-2-1-8-24-19(17)27-21(26-18)29-11-9-23-13-29/h1-2,8-9,11,13-16H,3-7,10,12H2,(H,25,30)/t14-,15?,16?/m1/s1. The molecule has 0 aromatic carbocycles. The van der Waals surface area contributed by atoms with Crippen LogP contribution in [0.1, 0.15) is 42.6 Å². The van der Waals surface area contributed by atoms with Gasteiger partial charge >= 0.3 is 0 Å². The van der Waals surface area contributed by atoms with Gasteiger partial charge in [0.05, 0.1) is 5.39 Å². The van der Waals surface area contributed by atoms with E-state index in [4.69, 9.17) is 0 Å². The number of aromatic nitrogens is 5. The Morgan fingerprint density at radius 1 is 1.13 bits per heavy atom.